The van der Waals surface area contributed by atoms with E-state index in [0.29, 0.717) is 30.2 Å². The lowest BCUT2D eigenvalue weighted by Crippen LogP contribution is -2.21. The molecule has 142 valence electrons. The second-order valence-corrected chi connectivity index (χ2v) is 8.09. The average molecular weight is 387 g/mol. The first-order chi connectivity index (χ1) is 12.8. The van der Waals surface area contributed by atoms with Crippen LogP contribution in [0, 0.1) is 11.7 Å². The molecule has 0 bridgehead atoms. The number of Topliss-reactive ketones (excluding diaryl/α,β-unsaturated/α-hetero) is 1. The molecule has 0 unspecified atom stereocenters. The molecule has 0 aliphatic heterocycles. The fraction of sp³-hybridized carbons (Fsp3) is 0.350. The highest BCUT2D eigenvalue weighted by molar-refractivity contribution is 7.09. The summed E-state index contributed by atoms with van der Waals surface area (Å²) in [6.07, 6.45) is 3.35. The van der Waals surface area contributed by atoms with Gasteiger partial charge in [0.15, 0.2) is 11.2 Å². The predicted octanol–water partition coefficient (Wildman–Crippen LogP) is 4.09. The first-order valence-corrected chi connectivity index (χ1v) is 9.62. The van der Waals surface area contributed by atoms with E-state index in [9.17, 15) is 14.0 Å². The number of nitrogens with zero attached hydrogens (tertiary/aromatic N) is 3. The molecule has 0 atom stereocenters. The maximum atomic E-state index is 14.8. The minimum Gasteiger partial charge on any atom is -0.367 e. The summed E-state index contributed by atoms with van der Waals surface area (Å²) in [5, 5.41) is 0.232. The maximum absolute atomic E-state index is 14.8. The standard InChI is InChI=1S/C20H22FN3O2S/c1-12(2)8-24-10-16(13(3)25)20(26)15-5-17(21)19(6-18(15)24)23(4)9-14-7-22-11-27-14/h5-7,10-12H,8-9H2,1-4H3. The van der Waals surface area contributed by atoms with Crippen molar-refractivity contribution in [2.75, 3.05) is 11.9 Å². The topological polar surface area (TPSA) is 55.2 Å². The molecule has 0 amide bonds. The zero-order valence-electron chi connectivity index (χ0n) is 15.8. The molecule has 1 aromatic carbocycles. The van der Waals surface area contributed by atoms with Crippen LogP contribution in [0.5, 0.6) is 0 Å². The highest BCUT2D eigenvalue weighted by Crippen LogP contribution is 2.26. The molecule has 7 heteroatoms. The third-order valence-electron chi connectivity index (χ3n) is 4.38. The Kier molecular flexibility index (Phi) is 5.41. The summed E-state index contributed by atoms with van der Waals surface area (Å²) in [6.45, 7) is 6.61. The number of aromatic nitrogens is 2. The van der Waals surface area contributed by atoms with Gasteiger partial charge in [-0.15, -0.1) is 11.3 Å². The van der Waals surface area contributed by atoms with Crippen LogP contribution in [-0.2, 0) is 13.1 Å². The lowest BCUT2D eigenvalue weighted by molar-refractivity contribution is 0.101. The molecule has 0 aliphatic carbocycles. The van der Waals surface area contributed by atoms with Crippen LogP contribution >= 0.6 is 11.3 Å². The van der Waals surface area contributed by atoms with E-state index in [1.807, 2.05) is 4.57 Å². The van der Waals surface area contributed by atoms with Crippen LogP contribution in [0.15, 0.2) is 34.8 Å². The zero-order valence-corrected chi connectivity index (χ0v) is 16.6. The molecular weight excluding hydrogens is 365 g/mol. The van der Waals surface area contributed by atoms with Gasteiger partial charge in [-0.1, -0.05) is 13.8 Å². The predicted molar refractivity (Wildman–Crippen MR) is 107 cm³/mol. The normalized spacial score (nSPS) is 11.3. The van der Waals surface area contributed by atoms with Gasteiger partial charge in [-0.3, -0.25) is 14.6 Å². The van der Waals surface area contributed by atoms with Gasteiger partial charge in [0.1, 0.15) is 5.82 Å². The molecule has 3 rings (SSSR count). The van der Waals surface area contributed by atoms with Gasteiger partial charge in [0.05, 0.1) is 28.8 Å². The number of carbonyl (C=O) groups excluding carboxylic acids is 1. The molecule has 0 N–H and O–H groups in total. The summed E-state index contributed by atoms with van der Waals surface area (Å²) in [6, 6.07) is 2.94. The highest BCUT2D eigenvalue weighted by Gasteiger charge is 2.18. The van der Waals surface area contributed by atoms with Crippen LogP contribution in [-0.4, -0.2) is 22.4 Å². The number of benzene rings is 1. The Balaban J connectivity index is 2.18. The molecule has 3 aromatic rings. The van der Waals surface area contributed by atoms with Gasteiger partial charge in [0.25, 0.3) is 0 Å². The first-order valence-electron chi connectivity index (χ1n) is 8.74. The summed E-state index contributed by atoms with van der Waals surface area (Å²) in [5.41, 5.74) is 2.44. The number of ketones is 1. The Morgan fingerprint density at radius 2 is 2.11 bits per heavy atom. The van der Waals surface area contributed by atoms with Gasteiger partial charge < -0.3 is 9.47 Å². The van der Waals surface area contributed by atoms with Gasteiger partial charge >= 0.3 is 0 Å². The molecule has 2 aromatic heterocycles. The number of fused-ring (bicyclic) bond motifs is 1. The number of hydrogen-bond donors (Lipinski definition) is 0. The van der Waals surface area contributed by atoms with E-state index in [4.69, 9.17) is 0 Å². The maximum Gasteiger partial charge on any atom is 0.200 e. The number of carbonyl (C=O) groups is 1. The summed E-state index contributed by atoms with van der Waals surface area (Å²) in [4.78, 5) is 31.4. The van der Waals surface area contributed by atoms with Gasteiger partial charge in [0.2, 0.25) is 0 Å². The van der Waals surface area contributed by atoms with E-state index in [1.165, 1.54) is 24.3 Å². The summed E-state index contributed by atoms with van der Waals surface area (Å²) >= 11 is 1.51. The minimum atomic E-state index is -0.483. The molecule has 0 fully saturated rings. The molecule has 0 radical (unpaired) electrons. The number of pyridine rings is 1. The summed E-state index contributed by atoms with van der Waals surface area (Å²) in [7, 11) is 1.80. The van der Waals surface area contributed by atoms with Crippen molar-refractivity contribution in [3.05, 3.63) is 56.5 Å². The Labute approximate surface area is 161 Å². The fourth-order valence-corrected chi connectivity index (χ4v) is 3.77. The number of rotatable bonds is 6. The van der Waals surface area contributed by atoms with Crippen molar-refractivity contribution >= 4 is 33.7 Å². The van der Waals surface area contributed by atoms with Crippen molar-refractivity contribution < 1.29 is 9.18 Å². The lowest BCUT2D eigenvalue weighted by atomic mass is 10.1. The van der Waals surface area contributed by atoms with Crippen LogP contribution in [0.1, 0.15) is 36.0 Å². The van der Waals surface area contributed by atoms with Crippen molar-refractivity contribution in [1.29, 1.82) is 0 Å². The van der Waals surface area contributed by atoms with Crippen LogP contribution in [0.25, 0.3) is 10.9 Å². The monoisotopic (exact) mass is 387 g/mol. The average Bonchev–Trinajstić information content (AvgIpc) is 3.09. The van der Waals surface area contributed by atoms with E-state index in [-0.39, 0.29) is 16.7 Å². The third kappa shape index (κ3) is 3.93. The molecule has 0 spiro atoms. The largest absolute Gasteiger partial charge is 0.367 e. The third-order valence-corrected chi connectivity index (χ3v) is 5.14. The quantitative estimate of drug-likeness (QED) is 0.598. The van der Waals surface area contributed by atoms with Gasteiger partial charge in [-0.2, -0.15) is 0 Å². The number of thiazole rings is 1. The molecule has 0 saturated carbocycles. The molecule has 0 saturated heterocycles. The zero-order chi connectivity index (χ0) is 19.7. The molecule has 0 aliphatic rings. The molecular formula is C20H22FN3O2S. The van der Waals surface area contributed by atoms with Gasteiger partial charge in [-0.25, -0.2) is 4.39 Å². The van der Waals surface area contributed by atoms with Crippen LogP contribution in [0.2, 0.25) is 0 Å². The molecule has 27 heavy (non-hydrogen) atoms. The lowest BCUT2D eigenvalue weighted by Gasteiger charge is -2.21. The van der Waals surface area contributed by atoms with Crippen LogP contribution < -0.4 is 10.3 Å². The molecule has 5 nitrogen and oxygen atoms in total. The Hall–Kier alpha value is -2.54. The van der Waals surface area contributed by atoms with Crippen molar-refractivity contribution in [2.24, 2.45) is 5.92 Å². The number of anilines is 1. The van der Waals surface area contributed by atoms with E-state index < -0.39 is 11.2 Å². The summed E-state index contributed by atoms with van der Waals surface area (Å²) in [5.74, 6) is -0.492. The summed E-state index contributed by atoms with van der Waals surface area (Å²) < 4.78 is 16.7. The second-order valence-electron chi connectivity index (χ2n) is 7.12. The fourth-order valence-electron chi connectivity index (χ4n) is 3.13. The van der Waals surface area contributed by atoms with Crippen molar-refractivity contribution in [1.82, 2.24) is 9.55 Å². The number of hydrogen-bond acceptors (Lipinski definition) is 5. The van der Waals surface area contributed by atoms with E-state index in [1.54, 1.807) is 35.9 Å². The van der Waals surface area contributed by atoms with Crippen molar-refractivity contribution in [2.45, 2.75) is 33.9 Å². The van der Waals surface area contributed by atoms with Crippen LogP contribution in [0.3, 0.4) is 0 Å². The second kappa shape index (κ2) is 7.60. The van der Waals surface area contributed by atoms with E-state index in [0.717, 1.165) is 4.88 Å². The van der Waals surface area contributed by atoms with E-state index in [2.05, 4.69) is 18.8 Å². The minimum absolute atomic E-state index is 0.0910. The SMILES string of the molecule is CC(=O)c1cn(CC(C)C)c2cc(N(C)Cc3cncs3)c(F)cc2c1=O. The van der Waals surface area contributed by atoms with Crippen molar-refractivity contribution in [3.8, 4) is 0 Å². The highest BCUT2D eigenvalue weighted by atomic mass is 32.1. The Morgan fingerprint density at radius 3 is 2.70 bits per heavy atom. The Bertz CT molecular complexity index is 1040. The van der Waals surface area contributed by atoms with Gasteiger partial charge in [-0.05, 0) is 25.0 Å². The Morgan fingerprint density at radius 1 is 1.37 bits per heavy atom. The van der Waals surface area contributed by atoms with E-state index >= 15 is 0 Å². The van der Waals surface area contributed by atoms with Crippen LogP contribution in [0.4, 0.5) is 10.1 Å². The molecule has 2 heterocycles. The van der Waals surface area contributed by atoms with Gasteiger partial charge in [0, 0.05) is 36.2 Å². The first kappa shape index (κ1) is 19.2. The smallest absolute Gasteiger partial charge is 0.200 e. The van der Waals surface area contributed by atoms with Crippen molar-refractivity contribution in [3.63, 3.8) is 0 Å². The number of halogens is 1.